The second-order valence-electron chi connectivity index (χ2n) is 11.6. The molecule has 1 heterocycles. The third kappa shape index (κ3) is 6.40. The van der Waals surface area contributed by atoms with Gasteiger partial charge in [0.1, 0.15) is 11.6 Å². The van der Waals surface area contributed by atoms with E-state index in [1.54, 1.807) is 49.9 Å². The van der Waals surface area contributed by atoms with Crippen LogP contribution in [0.25, 0.3) is 0 Å². The highest BCUT2D eigenvalue weighted by Gasteiger charge is 2.60. The molecule has 2 atom stereocenters. The summed E-state index contributed by atoms with van der Waals surface area (Å²) in [6, 6.07) is 11.9. The number of nitrogens with zero attached hydrogens (tertiary/aromatic N) is 2. The van der Waals surface area contributed by atoms with Gasteiger partial charge in [0.2, 0.25) is 5.91 Å². The summed E-state index contributed by atoms with van der Waals surface area (Å²) >= 11 is 0. The smallest absolute Gasteiger partial charge is 0.328 e. The van der Waals surface area contributed by atoms with Crippen molar-refractivity contribution in [2.45, 2.75) is 84.0 Å². The van der Waals surface area contributed by atoms with E-state index >= 15 is 0 Å². The number of rotatable bonds is 10. The van der Waals surface area contributed by atoms with Crippen LogP contribution in [0.2, 0.25) is 0 Å². The number of para-hydroxylation sites is 1. The first-order valence-corrected chi connectivity index (χ1v) is 14.3. The Bertz CT molecular complexity index is 1350. The van der Waals surface area contributed by atoms with Crippen molar-refractivity contribution >= 4 is 41.2 Å². The third-order valence-corrected chi connectivity index (χ3v) is 7.99. The van der Waals surface area contributed by atoms with Crippen molar-refractivity contribution in [1.82, 2.24) is 15.1 Å². The van der Waals surface area contributed by atoms with Gasteiger partial charge in [-0.25, -0.2) is 14.5 Å². The molecule has 42 heavy (non-hydrogen) atoms. The van der Waals surface area contributed by atoms with Crippen molar-refractivity contribution in [1.29, 1.82) is 0 Å². The largest absolute Gasteiger partial charge is 0.481 e. The Morgan fingerprint density at radius 3 is 2.19 bits per heavy atom. The van der Waals surface area contributed by atoms with Crippen LogP contribution < -0.4 is 16.0 Å². The molecule has 4 N–H and O–H groups in total. The van der Waals surface area contributed by atoms with Crippen LogP contribution in [-0.4, -0.2) is 62.4 Å². The summed E-state index contributed by atoms with van der Waals surface area (Å²) in [6.07, 6.45) is 2.32. The Balaban J connectivity index is 1.50. The third-order valence-electron chi connectivity index (χ3n) is 7.99. The Kier molecular flexibility index (Phi) is 9.18. The van der Waals surface area contributed by atoms with Gasteiger partial charge < -0.3 is 26.0 Å². The van der Waals surface area contributed by atoms with Crippen LogP contribution in [0, 0.1) is 12.8 Å². The molecule has 2 aliphatic rings. The van der Waals surface area contributed by atoms with E-state index in [0.717, 1.165) is 28.9 Å². The summed E-state index contributed by atoms with van der Waals surface area (Å²) in [5, 5.41) is 17.4. The van der Waals surface area contributed by atoms with Crippen molar-refractivity contribution in [3.8, 4) is 0 Å². The molecule has 1 saturated carbocycles. The first-order valence-electron chi connectivity index (χ1n) is 14.3. The predicted molar refractivity (Wildman–Crippen MR) is 158 cm³/mol. The minimum absolute atomic E-state index is 0.165. The van der Waals surface area contributed by atoms with Crippen LogP contribution in [0.15, 0.2) is 48.5 Å². The van der Waals surface area contributed by atoms with E-state index in [0.29, 0.717) is 24.2 Å². The van der Waals surface area contributed by atoms with Crippen molar-refractivity contribution < 1.29 is 29.1 Å². The lowest BCUT2D eigenvalue weighted by molar-refractivity contribution is -0.141. The maximum absolute atomic E-state index is 13.9. The van der Waals surface area contributed by atoms with Gasteiger partial charge >= 0.3 is 18.0 Å². The summed E-state index contributed by atoms with van der Waals surface area (Å²) < 4.78 is 0. The van der Waals surface area contributed by atoms with E-state index in [4.69, 9.17) is 5.11 Å². The lowest BCUT2D eigenvalue weighted by Crippen LogP contribution is -2.55. The fraction of sp³-hybridized carbons (Fsp3) is 0.452. The summed E-state index contributed by atoms with van der Waals surface area (Å²) in [5.74, 6) is -2.36. The molecule has 1 aliphatic carbocycles. The number of carbonyl (C=O) groups is 5. The van der Waals surface area contributed by atoms with Crippen LogP contribution in [0.5, 0.6) is 0 Å². The molecule has 0 bridgehead atoms. The molecule has 2 fully saturated rings. The number of carboxylic acids is 1. The Labute approximate surface area is 245 Å². The molecule has 2 aromatic carbocycles. The summed E-state index contributed by atoms with van der Waals surface area (Å²) in [4.78, 5) is 67.4. The zero-order chi connectivity index (χ0) is 30.6. The Hall–Kier alpha value is -4.41. The number of urea groups is 2. The monoisotopic (exact) mass is 577 g/mol. The highest BCUT2D eigenvalue weighted by Crippen LogP contribution is 2.44. The first kappa shape index (κ1) is 30.5. The van der Waals surface area contributed by atoms with E-state index in [9.17, 15) is 24.0 Å². The highest BCUT2D eigenvalue weighted by atomic mass is 16.4. The molecular weight excluding hydrogens is 538 g/mol. The number of imide groups is 1. The fourth-order valence-electron chi connectivity index (χ4n) is 5.88. The van der Waals surface area contributed by atoms with E-state index in [1.165, 1.54) is 0 Å². The fourth-order valence-corrected chi connectivity index (χ4v) is 5.88. The van der Waals surface area contributed by atoms with Crippen molar-refractivity contribution in [2.24, 2.45) is 5.92 Å². The minimum Gasteiger partial charge on any atom is -0.481 e. The molecule has 1 spiro atoms. The number of nitrogens with one attached hydrogen (secondary N) is 3. The summed E-state index contributed by atoms with van der Waals surface area (Å²) in [5.41, 5.74) is 1.96. The molecule has 1 aliphatic heterocycles. The zero-order valence-corrected chi connectivity index (χ0v) is 24.5. The van der Waals surface area contributed by atoms with Crippen LogP contribution >= 0.6 is 0 Å². The van der Waals surface area contributed by atoms with Gasteiger partial charge in [0.25, 0.3) is 5.91 Å². The Morgan fingerprint density at radius 1 is 0.952 bits per heavy atom. The number of benzene rings is 2. The molecule has 6 amide bonds. The van der Waals surface area contributed by atoms with Crippen molar-refractivity contribution in [3.63, 3.8) is 0 Å². The standard InChI is InChI=1S/C31H39N5O6/c1-19(2)26(27(39)32-21(4)17-25(37)38)36-28(40)31(15-7-8-16-31)35(30(36)42)18-22-11-13-23(14-12-22)33-29(41)34-24-10-6-5-9-20(24)3/h5-6,9-14,19,21,26H,7-8,15-18H2,1-4H3,(H,32,39)(H,37,38)(H2,33,34,41)/t21-,26+/m1/s1. The maximum Gasteiger partial charge on any atom is 0.328 e. The number of aliphatic carboxylic acids is 1. The van der Waals surface area contributed by atoms with E-state index < -0.39 is 35.5 Å². The summed E-state index contributed by atoms with van der Waals surface area (Å²) in [6.45, 7) is 7.17. The molecule has 1 saturated heterocycles. The predicted octanol–water partition coefficient (Wildman–Crippen LogP) is 4.72. The number of hydrogen-bond donors (Lipinski definition) is 4. The van der Waals surface area contributed by atoms with Gasteiger partial charge in [0.05, 0.1) is 6.42 Å². The molecule has 2 aromatic rings. The lowest BCUT2D eigenvalue weighted by atomic mass is 9.93. The van der Waals surface area contributed by atoms with Crippen molar-refractivity contribution in [3.05, 3.63) is 59.7 Å². The number of amides is 6. The zero-order valence-electron chi connectivity index (χ0n) is 24.5. The number of aryl methyl sites for hydroxylation is 1. The second-order valence-corrected chi connectivity index (χ2v) is 11.6. The number of hydrogen-bond acceptors (Lipinski definition) is 5. The van der Waals surface area contributed by atoms with Crippen LogP contribution in [0.3, 0.4) is 0 Å². The second kappa shape index (κ2) is 12.6. The highest BCUT2D eigenvalue weighted by molar-refractivity contribution is 6.10. The number of anilines is 2. The van der Waals surface area contributed by atoms with Crippen LogP contribution in [0.1, 0.15) is 64.0 Å². The topological polar surface area (TPSA) is 148 Å². The molecule has 4 rings (SSSR count). The normalized spacial score (nSPS) is 17.5. The van der Waals surface area contributed by atoms with Gasteiger partial charge in [0.15, 0.2) is 0 Å². The SMILES string of the molecule is Cc1ccccc1NC(=O)Nc1ccc(CN2C(=O)N([C@H](C(=O)N[C@H](C)CC(=O)O)C(C)C)C(=O)C23CCCC3)cc1. The average Bonchev–Trinajstić information content (AvgIpc) is 3.47. The van der Waals surface area contributed by atoms with Gasteiger partial charge in [-0.3, -0.25) is 14.4 Å². The van der Waals surface area contributed by atoms with E-state index in [1.807, 2.05) is 31.2 Å². The number of carboxylic acid groups (broad SMARTS) is 1. The number of carbonyl (C=O) groups excluding carboxylic acids is 4. The molecule has 0 radical (unpaired) electrons. The van der Waals surface area contributed by atoms with Gasteiger partial charge in [-0.1, -0.05) is 57.0 Å². The molecule has 0 unspecified atom stereocenters. The quantitative estimate of drug-likeness (QED) is 0.300. The van der Waals surface area contributed by atoms with Crippen LogP contribution in [0.4, 0.5) is 21.0 Å². The summed E-state index contributed by atoms with van der Waals surface area (Å²) in [7, 11) is 0. The van der Waals surface area contributed by atoms with E-state index in [2.05, 4.69) is 16.0 Å². The lowest BCUT2D eigenvalue weighted by Gasteiger charge is -2.31. The minimum atomic E-state index is -1.07. The molecule has 11 nitrogen and oxygen atoms in total. The van der Waals surface area contributed by atoms with Crippen LogP contribution in [-0.2, 0) is 20.9 Å². The van der Waals surface area contributed by atoms with Gasteiger partial charge in [-0.05, 0) is 61.9 Å². The molecular formula is C31H39N5O6. The molecule has 0 aromatic heterocycles. The first-order chi connectivity index (χ1) is 19.9. The molecule has 11 heteroatoms. The Morgan fingerprint density at radius 2 is 1.60 bits per heavy atom. The van der Waals surface area contributed by atoms with Gasteiger partial charge in [-0.15, -0.1) is 0 Å². The average molecular weight is 578 g/mol. The van der Waals surface area contributed by atoms with E-state index in [-0.39, 0.29) is 30.8 Å². The van der Waals surface area contributed by atoms with Gasteiger partial charge in [-0.2, -0.15) is 0 Å². The van der Waals surface area contributed by atoms with Gasteiger partial charge in [0, 0.05) is 24.0 Å². The maximum atomic E-state index is 13.9. The van der Waals surface area contributed by atoms with Crippen molar-refractivity contribution in [2.75, 3.05) is 10.6 Å². The molecule has 224 valence electrons.